The molecule has 0 atom stereocenters. The van der Waals surface area contributed by atoms with E-state index in [-0.39, 0.29) is 11.7 Å². The molecule has 1 N–H and O–H groups in total. The number of carbonyl (C=O) groups excluding carboxylic acids is 1. The Labute approximate surface area is 147 Å². The molecule has 0 radical (unpaired) electrons. The fraction of sp³-hybridized carbons (Fsp3) is 0.188. The Morgan fingerprint density at radius 3 is 2.83 bits per heavy atom. The van der Waals surface area contributed by atoms with Crippen molar-refractivity contribution < 1.29 is 13.6 Å². The highest BCUT2D eigenvalue weighted by atomic mass is 32.2. The summed E-state index contributed by atoms with van der Waals surface area (Å²) >= 11 is 2.78. The summed E-state index contributed by atoms with van der Waals surface area (Å²) in [5, 5.41) is 11.2. The lowest BCUT2D eigenvalue weighted by atomic mass is 10.3. The number of anilines is 1. The van der Waals surface area contributed by atoms with Gasteiger partial charge >= 0.3 is 0 Å². The Balaban J connectivity index is 1.59. The second-order valence-corrected chi connectivity index (χ2v) is 6.58. The van der Waals surface area contributed by atoms with E-state index < -0.39 is 0 Å². The first-order valence-electron chi connectivity index (χ1n) is 7.11. The molecule has 3 rings (SSSR count). The van der Waals surface area contributed by atoms with Crippen molar-refractivity contribution in [1.29, 1.82) is 0 Å². The van der Waals surface area contributed by atoms with Gasteiger partial charge < -0.3 is 14.2 Å². The van der Waals surface area contributed by atoms with Crippen molar-refractivity contribution in [1.82, 2.24) is 10.2 Å². The standard InChI is InChI=1S/C16H15N3O3S2/c1-10-11(7-8-21-10)15-18-19-16(22-15)24-9-14(20)17-12-5-3-4-6-13(12)23-2/h3-8H,9H2,1-2H3,(H,17,20). The molecule has 8 heteroatoms. The van der Waals surface area contributed by atoms with Crippen LogP contribution in [0, 0.1) is 6.92 Å². The summed E-state index contributed by atoms with van der Waals surface area (Å²) in [5.41, 5.74) is 1.56. The molecule has 3 aromatic rings. The van der Waals surface area contributed by atoms with E-state index in [0.29, 0.717) is 16.9 Å². The van der Waals surface area contributed by atoms with Gasteiger partial charge in [0.25, 0.3) is 11.1 Å². The third-order valence-corrected chi connectivity index (χ3v) is 4.82. The van der Waals surface area contributed by atoms with Crippen LogP contribution in [0.5, 0.6) is 0 Å². The van der Waals surface area contributed by atoms with E-state index >= 15 is 0 Å². The molecule has 0 saturated heterocycles. The Morgan fingerprint density at radius 1 is 1.25 bits per heavy atom. The van der Waals surface area contributed by atoms with Gasteiger partial charge in [-0.2, -0.15) is 0 Å². The minimum absolute atomic E-state index is 0.124. The molecular formula is C16H15N3O3S2. The van der Waals surface area contributed by atoms with E-state index in [4.69, 9.17) is 8.83 Å². The predicted molar refractivity (Wildman–Crippen MR) is 94.3 cm³/mol. The summed E-state index contributed by atoms with van der Waals surface area (Å²) in [6.07, 6.45) is 3.54. The van der Waals surface area contributed by atoms with Crippen LogP contribution in [0.15, 0.2) is 55.5 Å². The monoisotopic (exact) mass is 361 g/mol. The fourth-order valence-electron chi connectivity index (χ4n) is 2.05. The largest absolute Gasteiger partial charge is 0.469 e. The number of hydrogen-bond donors (Lipinski definition) is 1. The maximum absolute atomic E-state index is 12.1. The molecule has 0 aliphatic rings. The zero-order valence-electron chi connectivity index (χ0n) is 13.1. The van der Waals surface area contributed by atoms with E-state index in [1.807, 2.05) is 37.4 Å². The van der Waals surface area contributed by atoms with Gasteiger partial charge in [0.05, 0.1) is 23.3 Å². The van der Waals surface area contributed by atoms with Crippen LogP contribution in [-0.4, -0.2) is 28.1 Å². The normalized spacial score (nSPS) is 10.8. The van der Waals surface area contributed by atoms with Gasteiger partial charge in [-0.25, -0.2) is 0 Å². The third-order valence-electron chi connectivity index (χ3n) is 3.20. The Bertz CT molecular complexity index is 844. The smallest absolute Gasteiger partial charge is 0.277 e. The number of benzene rings is 1. The molecule has 0 fully saturated rings. The van der Waals surface area contributed by atoms with Crippen LogP contribution < -0.4 is 5.32 Å². The molecule has 2 aromatic heterocycles. The molecule has 0 spiro atoms. The molecule has 0 unspecified atom stereocenters. The topological polar surface area (TPSA) is 81.2 Å². The summed E-state index contributed by atoms with van der Waals surface area (Å²) in [4.78, 5) is 13.1. The second-order valence-electron chi connectivity index (χ2n) is 4.80. The molecular weight excluding hydrogens is 346 g/mol. The van der Waals surface area contributed by atoms with Crippen LogP contribution >= 0.6 is 23.5 Å². The summed E-state index contributed by atoms with van der Waals surface area (Å²) in [6, 6.07) is 9.43. The molecule has 0 saturated carbocycles. The molecule has 6 nitrogen and oxygen atoms in total. The molecule has 0 bridgehead atoms. The molecule has 124 valence electrons. The first-order chi connectivity index (χ1) is 11.7. The summed E-state index contributed by atoms with van der Waals surface area (Å²) < 4.78 is 10.8. The molecule has 2 heterocycles. The minimum atomic E-state index is -0.124. The zero-order valence-corrected chi connectivity index (χ0v) is 14.7. The Morgan fingerprint density at radius 2 is 2.08 bits per heavy atom. The lowest BCUT2D eigenvalue weighted by Gasteiger charge is -2.08. The fourth-order valence-corrected chi connectivity index (χ4v) is 3.16. The summed E-state index contributed by atoms with van der Waals surface area (Å²) in [7, 11) is 0. The first-order valence-corrected chi connectivity index (χ1v) is 9.32. The number of hydrogen-bond acceptors (Lipinski definition) is 7. The van der Waals surface area contributed by atoms with Crippen LogP contribution in [0.2, 0.25) is 0 Å². The van der Waals surface area contributed by atoms with E-state index in [9.17, 15) is 4.79 Å². The maximum atomic E-state index is 12.1. The molecule has 24 heavy (non-hydrogen) atoms. The van der Waals surface area contributed by atoms with Crippen molar-refractivity contribution >= 4 is 35.1 Å². The first kappa shape index (κ1) is 16.7. The number of furan rings is 1. The second kappa shape index (κ2) is 7.59. The third kappa shape index (κ3) is 3.82. The molecule has 0 aliphatic carbocycles. The zero-order chi connectivity index (χ0) is 16.9. The van der Waals surface area contributed by atoms with Crippen molar-refractivity contribution in [3.05, 3.63) is 42.4 Å². The van der Waals surface area contributed by atoms with Crippen LogP contribution in [0.4, 0.5) is 5.69 Å². The van der Waals surface area contributed by atoms with Crippen molar-refractivity contribution in [2.45, 2.75) is 17.0 Å². The van der Waals surface area contributed by atoms with E-state index in [2.05, 4.69) is 15.5 Å². The van der Waals surface area contributed by atoms with Crippen molar-refractivity contribution in [2.75, 3.05) is 17.3 Å². The average molecular weight is 361 g/mol. The number of aryl methyl sites for hydroxylation is 1. The number of para-hydroxylation sites is 1. The van der Waals surface area contributed by atoms with Gasteiger partial charge in [-0.05, 0) is 31.4 Å². The number of thioether (sulfide) groups is 2. The van der Waals surface area contributed by atoms with Crippen molar-refractivity contribution in [2.24, 2.45) is 0 Å². The predicted octanol–water partition coefficient (Wildman–Crippen LogP) is 4.09. The van der Waals surface area contributed by atoms with Gasteiger partial charge in [0, 0.05) is 4.90 Å². The van der Waals surface area contributed by atoms with E-state index in [1.165, 1.54) is 11.8 Å². The summed E-state index contributed by atoms with van der Waals surface area (Å²) in [6.45, 7) is 1.82. The number of carbonyl (C=O) groups is 1. The number of nitrogens with one attached hydrogen (secondary N) is 1. The summed E-state index contributed by atoms with van der Waals surface area (Å²) in [5.74, 6) is 1.16. The quantitative estimate of drug-likeness (QED) is 0.662. The van der Waals surface area contributed by atoms with Gasteiger partial charge in [0.2, 0.25) is 5.91 Å². The average Bonchev–Trinajstić information content (AvgIpc) is 3.22. The number of nitrogens with zero attached hydrogens (tertiary/aromatic N) is 2. The van der Waals surface area contributed by atoms with Gasteiger partial charge in [-0.1, -0.05) is 23.9 Å². The SMILES string of the molecule is CSc1ccccc1NC(=O)CSc1nnc(-c2ccoc2C)o1. The van der Waals surface area contributed by atoms with E-state index in [1.54, 1.807) is 24.1 Å². The van der Waals surface area contributed by atoms with Crippen molar-refractivity contribution in [3.63, 3.8) is 0 Å². The number of rotatable bonds is 6. The van der Waals surface area contributed by atoms with Crippen LogP contribution in [-0.2, 0) is 4.79 Å². The molecule has 1 amide bonds. The Hall–Kier alpha value is -2.19. The van der Waals surface area contributed by atoms with Gasteiger partial charge in [0.1, 0.15) is 5.76 Å². The highest BCUT2D eigenvalue weighted by Gasteiger charge is 2.14. The maximum Gasteiger partial charge on any atom is 0.277 e. The minimum Gasteiger partial charge on any atom is -0.469 e. The van der Waals surface area contributed by atoms with Crippen LogP contribution in [0.25, 0.3) is 11.5 Å². The van der Waals surface area contributed by atoms with Gasteiger partial charge in [-0.3, -0.25) is 4.79 Å². The number of amides is 1. The van der Waals surface area contributed by atoms with Crippen molar-refractivity contribution in [3.8, 4) is 11.5 Å². The van der Waals surface area contributed by atoms with Crippen LogP contribution in [0.1, 0.15) is 5.76 Å². The number of aromatic nitrogens is 2. The van der Waals surface area contributed by atoms with Gasteiger partial charge in [0.15, 0.2) is 0 Å². The lowest BCUT2D eigenvalue weighted by Crippen LogP contribution is -2.14. The Kier molecular flexibility index (Phi) is 5.27. The van der Waals surface area contributed by atoms with Crippen LogP contribution in [0.3, 0.4) is 0 Å². The van der Waals surface area contributed by atoms with E-state index in [0.717, 1.165) is 16.1 Å². The highest BCUT2D eigenvalue weighted by Crippen LogP contribution is 2.27. The van der Waals surface area contributed by atoms with Gasteiger partial charge in [-0.15, -0.1) is 22.0 Å². The molecule has 0 aliphatic heterocycles. The molecule has 1 aromatic carbocycles. The highest BCUT2D eigenvalue weighted by molar-refractivity contribution is 7.99. The lowest BCUT2D eigenvalue weighted by molar-refractivity contribution is -0.113.